The summed E-state index contributed by atoms with van der Waals surface area (Å²) < 4.78 is 27.9. The van der Waals surface area contributed by atoms with Crippen molar-refractivity contribution in [3.05, 3.63) is 55.8 Å². The quantitative estimate of drug-likeness (QED) is 0.284. The summed E-state index contributed by atoms with van der Waals surface area (Å²) in [5.41, 5.74) is 2.15. The van der Waals surface area contributed by atoms with Gasteiger partial charge in [-0.15, -0.1) is 11.3 Å². The first-order chi connectivity index (χ1) is 15.8. The topological polar surface area (TPSA) is 79.0 Å². The van der Waals surface area contributed by atoms with Crippen molar-refractivity contribution in [1.29, 1.82) is 0 Å². The summed E-state index contributed by atoms with van der Waals surface area (Å²) in [4.78, 5) is 15.8. The Morgan fingerprint density at radius 2 is 2.06 bits per heavy atom. The molecular formula is C23H22ClIN4O2S2. The SMILES string of the molecule is CCN1CCC(c2ncc(-c3c(Cl)c(S(=O)(=O)c4ccc(C)cc4)nc4[nH]c(I)cc34)s2)C1. The van der Waals surface area contributed by atoms with Gasteiger partial charge in [-0.2, -0.15) is 0 Å². The molecule has 1 aromatic carbocycles. The van der Waals surface area contributed by atoms with E-state index in [0.29, 0.717) is 17.1 Å². The third kappa shape index (κ3) is 4.22. The number of rotatable bonds is 5. The highest BCUT2D eigenvalue weighted by atomic mass is 127. The molecule has 0 amide bonds. The van der Waals surface area contributed by atoms with Crippen molar-refractivity contribution in [2.24, 2.45) is 0 Å². The average Bonchev–Trinajstić information content (AvgIpc) is 3.52. The zero-order valence-electron chi connectivity index (χ0n) is 18.1. The lowest BCUT2D eigenvalue weighted by molar-refractivity contribution is 0.354. The molecular weight excluding hydrogens is 591 g/mol. The standard InChI is InChI=1S/C23H22ClIN4O2S2/c1-3-29-9-8-14(12-29)22-26-11-17(32-22)19-16-10-18(25)27-21(16)28-23(20(19)24)33(30,31)15-6-4-13(2)5-7-15/h4-7,10-11,14H,3,8-9,12H2,1-2H3,(H,27,28). The molecule has 1 atom stereocenters. The van der Waals surface area contributed by atoms with Gasteiger partial charge in [0.05, 0.1) is 23.5 Å². The van der Waals surface area contributed by atoms with Gasteiger partial charge < -0.3 is 9.88 Å². The normalized spacial score (nSPS) is 17.3. The Hall–Kier alpha value is -1.53. The van der Waals surface area contributed by atoms with Crippen LogP contribution in [0.5, 0.6) is 0 Å². The molecule has 1 saturated heterocycles. The lowest BCUT2D eigenvalue weighted by Gasteiger charge is -2.11. The number of aromatic nitrogens is 3. The highest BCUT2D eigenvalue weighted by Crippen LogP contribution is 2.43. The van der Waals surface area contributed by atoms with Crippen molar-refractivity contribution < 1.29 is 8.42 Å². The molecule has 0 bridgehead atoms. The van der Waals surface area contributed by atoms with Gasteiger partial charge in [0.1, 0.15) is 5.65 Å². The molecule has 172 valence electrons. The molecule has 1 aliphatic rings. The number of halogens is 2. The molecule has 3 aromatic heterocycles. The minimum atomic E-state index is -3.91. The van der Waals surface area contributed by atoms with Crippen LogP contribution in [0, 0.1) is 10.6 Å². The van der Waals surface area contributed by atoms with Crippen LogP contribution in [0.25, 0.3) is 21.5 Å². The number of fused-ring (bicyclic) bond motifs is 1. The summed E-state index contributed by atoms with van der Waals surface area (Å²) in [7, 11) is -3.91. The zero-order chi connectivity index (χ0) is 23.3. The van der Waals surface area contributed by atoms with E-state index in [1.807, 2.05) is 19.2 Å². The van der Waals surface area contributed by atoms with Crippen LogP contribution in [0.2, 0.25) is 5.02 Å². The number of nitrogens with zero attached hydrogens (tertiary/aromatic N) is 3. The van der Waals surface area contributed by atoms with Gasteiger partial charge in [0.25, 0.3) is 0 Å². The highest BCUT2D eigenvalue weighted by Gasteiger charge is 2.30. The Balaban J connectivity index is 1.66. The van der Waals surface area contributed by atoms with E-state index in [9.17, 15) is 8.42 Å². The third-order valence-electron chi connectivity index (χ3n) is 6.08. The number of nitrogens with one attached hydrogen (secondary N) is 1. The van der Waals surface area contributed by atoms with Crippen molar-refractivity contribution in [1.82, 2.24) is 19.9 Å². The molecule has 1 fully saturated rings. The van der Waals surface area contributed by atoms with Crippen LogP contribution >= 0.6 is 45.5 Å². The Bertz CT molecular complexity index is 1450. The van der Waals surface area contributed by atoms with Crippen molar-refractivity contribution in [2.45, 2.75) is 36.1 Å². The van der Waals surface area contributed by atoms with Crippen LogP contribution < -0.4 is 0 Å². The maximum atomic E-state index is 13.5. The van der Waals surface area contributed by atoms with Gasteiger partial charge in [-0.3, -0.25) is 0 Å². The summed E-state index contributed by atoms with van der Waals surface area (Å²) in [5, 5.41) is 1.86. The lowest BCUT2D eigenvalue weighted by Crippen LogP contribution is -2.19. The zero-order valence-corrected chi connectivity index (χ0v) is 22.6. The summed E-state index contributed by atoms with van der Waals surface area (Å²) in [6.07, 6.45) is 2.90. The maximum Gasteiger partial charge on any atom is 0.225 e. The number of sulfone groups is 1. The number of H-pyrrole nitrogens is 1. The predicted molar refractivity (Wildman–Crippen MR) is 141 cm³/mol. The molecule has 1 unspecified atom stereocenters. The number of hydrogen-bond acceptors (Lipinski definition) is 6. The van der Waals surface area contributed by atoms with E-state index < -0.39 is 9.84 Å². The second-order valence-corrected chi connectivity index (χ2v) is 12.7. The van der Waals surface area contributed by atoms with Gasteiger partial charge in [0, 0.05) is 29.6 Å². The summed E-state index contributed by atoms with van der Waals surface area (Å²) in [6, 6.07) is 8.67. The van der Waals surface area contributed by atoms with Crippen molar-refractivity contribution in [3.8, 4) is 10.4 Å². The van der Waals surface area contributed by atoms with Crippen molar-refractivity contribution in [2.75, 3.05) is 19.6 Å². The van der Waals surface area contributed by atoms with Gasteiger partial charge in [0.15, 0.2) is 5.03 Å². The first-order valence-corrected chi connectivity index (χ1v) is 14.4. The number of aromatic amines is 1. The van der Waals surface area contributed by atoms with Gasteiger partial charge in [-0.05, 0) is 67.2 Å². The molecule has 0 saturated carbocycles. The van der Waals surface area contributed by atoms with E-state index in [4.69, 9.17) is 16.6 Å². The molecule has 0 spiro atoms. The Morgan fingerprint density at radius 3 is 2.76 bits per heavy atom. The van der Waals surface area contributed by atoms with Crippen LogP contribution in [0.3, 0.4) is 0 Å². The third-order valence-corrected chi connectivity index (χ3v) is 10.0. The van der Waals surface area contributed by atoms with E-state index in [-0.39, 0.29) is 14.9 Å². The number of thiazole rings is 1. The minimum Gasteiger partial charge on any atom is -0.335 e. The maximum absolute atomic E-state index is 13.5. The first-order valence-electron chi connectivity index (χ1n) is 10.7. The number of benzene rings is 1. The number of hydrogen-bond donors (Lipinski definition) is 1. The van der Waals surface area contributed by atoms with Crippen molar-refractivity contribution >= 4 is 66.4 Å². The fourth-order valence-corrected chi connectivity index (χ4v) is 7.78. The van der Waals surface area contributed by atoms with Gasteiger partial charge in [-0.25, -0.2) is 18.4 Å². The minimum absolute atomic E-state index is 0.135. The van der Waals surface area contributed by atoms with Gasteiger partial charge in [0.2, 0.25) is 9.84 Å². The second kappa shape index (κ2) is 8.92. The summed E-state index contributed by atoms with van der Waals surface area (Å²) in [5.74, 6) is 0.391. The monoisotopic (exact) mass is 612 g/mol. The molecule has 4 heterocycles. The first kappa shape index (κ1) is 23.2. The van der Waals surface area contributed by atoms with Crippen LogP contribution in [-0.2, 0) is 9.84 Å². The molecule has 10 heteroatoms. The number of likely N-dealkylation sites (N-methyl/N-ethyl adjacent to an activating group) is 1. The average molecular weight is 613 g/mol. The predicted octanol–water partition coefficient (Wildman–Crippen LogP) is 5.89. The van der Waals surface area contributed by atoms with E-state index in [0.717, 1.165) is 50.6 Å². The lowest BCUT2D eigenvalue weighted by atomic mass is 10.1. The molecule has 5 rings (SSSR count). The second-order valence-electron chi connectivity index (χ2n) is 8.24. The summed E-state index contributed by atoms with van der Waals surface area (Å²) in [6.45, 7) is 7.20. The van der Waals surface area contributed by atoms with Crippen LogP contribution in [0.15, 0.2) is 46.5 Å². The fraction of sp³-hybridized carbons (Fsp3) is 0.304. The number of likely N-dealkylation sites (tertiary alicyclic amines) is 1. The smallest absolute Gasteiger partial charge is 0.225 e. The van der Waals surface area contributed by atoms with E-state index >= 15 is 0 Å². The number of aryl methyl sites for hydroxylation is 1. The van der Waals surface area contributed by atoms with E-state index in [2.05, 4.69) is 44.4 Å². The molecule has 0 radical (unpaired) electrons. The van der Waals surface area contributed by atoms with E-state index in [1.54, 1.807) is 35.6 Å². The highest BCUT2D eigenvalue weighted by molar-refractivity contribution is 14.1. The van der Waals surface area contributed by atoms with Gasteiger partial charge >= 0.3 is 0 Å². The van der Waals surface area contributed by atoms with Crippen LogP contribution in [0.1, 0.15) is 29.8 Å². The molecule has 1 N–H and O–H groups in total. The Morgan fingerprint density at radius 1 is 1.30 bits per heavy atom. The Labute approximate surface area is 215 Å². The number of pyridine rings is 1. The van der Waals surface area contributed by atoms with Crippen LogP contribution in [0.4, 0.5) is 0 Å². The molecule has 4 aromatic rings. The largest absolute Gasteiger partial charge is 0.335 e. The molecule has 33 heavy (non-hydrogen) atoms. The van der Waals surface area contributed by atoms with E-state index in [1.165, 1.54) is 0 Å². The molecule has 1 aliphatic heterocycles. The van der Waals surface area contributed by atoms with Gasteiger partial charge in [-0.1, -0.05) is 36.2 Å². The van der Waals surface area contributed by atoms with Crippen molar-refractivity contribution in [3.63, 3.8) is 0 Å². The van der Waals surface area contributed by atoms with Crippen LogP contribution in [-0.4, -0.2) is 47.9 Å². The summed E-state index contributed by atoms with van der Waals surface area (Å²) >= 11 is 10.6. The molecule has 6 nitrogen and oxygen atoms in total. The molecule has 0 aliphatic carbocycles. The fourth-order valence-electron chi connectivity index (χ4n) is 4.23. The Kier molecular flexibility index (Phi) is 6.28.